The van der Waals surface area contributed by atoms with Crippen LogP contribution in [0.5, 0.6) is 0 Å². The Labute approximate surface area is 116 Å². The van der Waals surface area contributed by atoms with E-state index in [1.165, 1.54) is 0 Å². The van der Waals surface area contributed by atoms with Crippen LogP contribution in [-0.4, -0.2) is 37.2 Å². The molecule has 0 unspecified atom stereocenters. The van der Waals surface area contributed by atoms with Crippen molar-refractivity contribution in [3.8, 4) is 0 Å². The molecule has 0 amide bonds. The molecule has 0 radical (unpaired) electrons. The van der Waals surface area contributed by atoms with Gasteiger partial charge in [0.15, 0.2) is 0 Å². The van der Waals surface area contributed by atoms with E-state index in [9.17, 15) is 0 Å². The van der Waals surface area contributed by atoms with Crippen LogP contribution in [-0.2, 0) is 17.8 Å². The number of ether oxygens (including phenoxy) is 1. The van der Waals surface area contributed by atoms with Crippen LogP contribution < -0.4 is 5.32 Å². The number of methoxy groups -OCH3 is 1. The Morgan fingerprint density at radius 1 is 1.32 bits per heavy atom. The summed E-state index contributed by atoms with van der Waals surface area (Å²) in [7, 11) is 1.81. The van der Waals surface area contributed by atoms with Gasteiger partial charge in [-0.1, -0.05) is 13.8 Å². The second-order valence-corrected chi connectivity index (χ2v) is 5.61. The molecule has 0 spiro atoms. The van der Waals surface area contributed by atoms with E-state index in [4.69, 9.17) is 9.15 Å². The van der Waals surface area contributed by atoms with Crippen molar-refractivity contribution in [2.75, 3.05) is 20.2 Å². The molecule has 1 aliphatic heterocycles. The van der Waals surface area contributed by atoms with Gasteiger partial charge in [-0.25, -0.2) is 0 Å². The van der Waals surface area contributed by atoms with Gasteiger partial charge in [-0.15, -0.1) is 0 Å². The highest BCUT2D eigenvalue weighted by Crippen LogP contribution is 2.17. The minimum atomic E-state index is 0.443. The first-order valence-corrected chi connectivity index (χ1v) is 7.23. The number of hydrogen-bond donors (Lipinski definition) is 1. The Hall–Kier alpha value is -0.840. The molecular weight excluding hydrogens is 240 g/mol. The molecular formula is C15H26N2O2. The van der Waals surface area contributed by atoms with E-state index in [1.807, 2.05) is 0 Å². The fourth-order valence-electron chi connectivity index (χ4n) is 2.43. The molecule has 0 bridgehead atoms. The van der Waals surface area contributed by atoms with Gasteiger partial charge in [0.1, 0.15) is 11.5 Å². The zero-order valence-electron chi connectivity index (χ0n) is 12.3. The third-order valence-corrected chi connectivity index (χ3v) is 3.65. The number of likely N-dealkylation sites (tertiary alicyclic amines) is 1. The monoisotopic (exact) mass is 266 g/mol. The molecule has 4 nitrogen and oxygen atoms in total. The zero-order valence-corrected chi connectivity index (χ0v) is 12.3. The fourth-order valence-corrected chi connectivity index (χ4v) is 2.43. The second-order valence-electron chi connectivity index (χ2n) is 5.61. The summed E-state index contributed by atoms with van der Waals surface area (Å²) in [5.41, 5.74) is 0. The van der Waals surface area contributed by atoms with Gasteiger partial charge in [0, 0.05) is 26.2 Å². The van der Waals surface area contributed by atoms with E-state index >= 15 is 0 Å². The van der Waals surface area contributed by atoms with Gasteiger partial charge in [-0.3, -0.25) is 4.90 Å². The van der Waals surface area contributed by atoms with Crippen LogP contribution in [0.25, 0.3) is 0 Å². The van der Waals surface area contributed by atoms with Crippen LogP contribution in [0, 0.1) is 0 Å². The molecule has 1 fully saturated rings. The Bertz CT molecular complexity index is 368. The van der Waals surface area contributed by atoms with Crippen LogP contribution >= 0.6 is 0 Å². The highest BCUT2D eigenvalue weighted by Gasteiger charge is 2.19. The molecule has 1 saturated heterocycles. The smallest absolute Gasteiger partial charge is 0.118 e. The molecule has 2 heterocycles. The number of furan rings is 1. The molecule has 0 aliphatic carbocycles. The van der Waals surface area contributed by atoms with Crippen molar-refractivity contribution in [1.82, 2.24) is 10.2 Å². The molecule has 1 aliphatic rings. The third kappa shape index (κ3) is 4.64. The lowest BCUT2D eigenvalue weighted by Gasteiger charge is -2.30. The highest BCUT2D eigenvalue weighted by atomic mass is 16.5. The van der Waals surface area contributed by atoms with Crippen molar-refractivity contribution in [3.05, 3.63) is 23.7 Å². The minimum absolute atomic E-state index is 0.443. The number of piperidine rings is 1. The van der Waals surface area contributed by atoms with Gasteiger partial charge < -0.3 is 14.5 Å². The number of rotatable bonds is 6. The van der Waals surface area contributed by atoms with Crippen LogP contribution in [0.1, 0.15) is 38.2 Å². The van der Waals surface area contributed by atoms with Crippen molar-refractivity contribution in [2.45, 2.75) is 51.9 Å². The second kappa shape index (κ2) is 7.08. The summed E-state index contributed by atoms with van der Waals surface area (Å²) < 4.78 is 11.2. The lowest BCUT2D eigenvalue weighted by Crippen LogP contribution is -2.36. The first-order valence-electron chi connectivity index (χ1n) is 7.23. The van der Waals surface area contributed by atoms with Crippen molar-refractivity contribution >= 4 is 0 Å². The van der Waals surface area contributed by atoms with E-state index in [1.54, 1.807) is 7.11 Å². The summed E-state index contributed by atoms with van der Waals surface area (Å²) >= 11 is 0. The fraction of sp³-hybridized carbons (Fsp3) is 0.733. The molecule has 0 aromatic carbocycles. The SMILES string of the molecule is COC1CCN(Cc2ccc(CNC(C)C)o2)CC1. The summed E-state index contributed by atoms with van der Waals surface area (Å²) in [6, 6.07) is 4.66. The first kappa shape index (κ1) is 14.6. The highest BCUT2D eigenvalue weighted by molar-refractivity contribution is 5.07. The molecule has 0 saturated carbocycles. The molecule has 19 heavy (non-hydrogen) atoms. The maximum absolute atomic E-state index is 5.85. The van der Waals surface area contributed by atoms with E-state index in [2.05, 4.69) is 36.2 Å². The standard InChI is InChI=1S/C15H26N2O2/c1-12(2)16-10-14-4-5-15(19-14)11-17-8-6-13(18-3)7-9-17/h4-5,12-13,16H,6-11H2,1-3H3. The average molecular weight is 266 g/mol. The summed E-state index contributed by atoms with van der Waals surface area (Å²) in [4.78, 5) is 2.44. The van der Waals surface area contributed by atoms with E-state index in [-0.39, 0.29) is 0 Å². The summed E-state index contributed by atoms with van der Waals surface area (Å²) in [5.74, 6) is 2.09. The lowest BCUT2D eigenvalue weighted by atomic mass is 10.1. The van der Waals surface area contributed by atoms with Crippen LogP contribution in [0.2, 0.25) is 0 Å². The lowest BCUT2D eigenvalue weighted by molar-refractivity contribution is 0.0369. The van der Waals surface area contributed by atoms with Gasteiger partial charge in [-0.05, 0) is 25.0 Å². The minimum Gasteiger partial charge on any atom is -0.463 e. The normalized spacial score (nSPS) is 18.3. The molecule has 0 atom stereocenters. The largest absolute Gasteiger partial charge is 0.463 e. The predicted octanol–water partition coefficient (Wildman–Crippen LogP) is 2.39. The Morgan fingerprint density at radius 2 is 2.00 bits per heavy atom. The van der Waals surface area contributed by atoms with Crippen molar-refractivity contribution < 1.29 is 9.15 Å². The number of nitrogens with one attached hydrogen (secondary N) is 1. The van der Waals surface area contributed by atoms with Crippen LogP contribution in [0.3, 0.4) is 0 Å². The molecule has 1 N–H and O–H groups in total. The maximum atomic E-state index is 5.85. The zero-order chi connectivity index (χ0) is 13.7. The third-order valence-electron chi connectivity index (χ3n) is 3.65. The Kier molecular flexibility index (Phi) is 5.43. The number of hydrogen-bond acceptors (Lipinski definition) is 4. The average Bonchev–Trinajstić information content (AvgIpc) is 2.85. The quantitative estimate of drug-likeness (QED) is 0.858. The molecule has 2 rings (SSSR count). The molecule has 108 valence electrons. The van der Waals surface area contributed by atoms with E-state index in [0.29, 0.717) is 12.1 Å². The Morgan fingerprint density at radius 3 is 2.63 bits per heavy atom. The summed E-state index contributed by atoms with van der Waals surface area (Å²) in [6.45, 7) is 8.20. The van der Waals surface area contributed by atoms with Crippen molar-refractivity contribution in [1.29, 1.82) is 0 Å². The van der Waals surface area contributed by atoms with Gasteiger partial charge >= 0.3 is 0 Å². The van der Waals surface area contributed by atoms with Crippen LogP contribution in [0.15, 0.2) is 16.5 Å². The molecule has 1 aromatic rings. The first-order chi connectivity index (χ1) is 9.17. The van der Waals surface area contributed by atoms with Crippen molar-refractivity contribution in [3.63, 3.8) is 0 Å². The predicted molar refractivity (Wildman–Crippen MR) is 76.0 cm³/mol. The molecule has 1 aromatic heterocycles. The number of nitrogens with zero attached hydrogens (tertiary/aromatic N) is 1. The topological polar surface area (TPSA) is 37.6 Å². The van der Waals surface area contributed by atoms with E-state index in [0.717, 1.165) is 50.5 Å². The van der Waals surface area contributed by atoms with Gasteiger partial charge in [0.2, 0.25) is 0 Å². The summed E-state index contributed by atoms with van der Waals surface area (Å²) in [5, 5.41) is 3.37. The Balaban J connectivity index is 1.77. The van der Waals surface area contributed by atoms with Gasteiger partial charge in [0.25, 0.3) is 0 Å². The molecule has 4 heteroatoms. The summed E-state index contributed by atoms with van der Waals surface area (Å²) in [6.07, 6.45) is 2.69. The van der Waals surface area contributed by atoms with E-state index < -0.39 is 0 Å². The maximum Gasteiger partial charge on any atom is 0.118 e. The van der Waals surface area contributed by atoms with Crippen molar-refractivity contribution in [2.24, 2.45) is 0 Å². The van der Waals surface area contributed by atoms with Gasteiger partial charge in [0.05, 0.1) is 19.2 Å². The van der Waals surface area contributed by atoms with Crippen LogP contribution in [0.4, 0.5) is 0 Å². The van der Waals surface area contributed by atoms with Gasteiger partial charge in [-0.2, -0.15) is 0 Å².